The molecule has 16 heavy (non-hydrogen) atoms. The SMILES string of the molecule is NC(=O)C1CCN(CC2CCCNC2)CC1. The fourth-order valence-corrected chi connectivity index (χ4v) is 2.85. The van der Waals surface area contributed by atoms with Crippen molar-refractivity contribution < 1.29 is 4.79 Å². The van der Waals surface area contributed by atoms with E-state index in [-0.39, 0.29) is 11.8 Å². The summed E-state index contributed by atoms with van der Waals surface area (Å²) >= 11 is 0. The lowest BCUT2D eigenvalue weighted by molar-refractivity contribution is -0.123. The molecule has 0 spiro atoms. The van der Waals surface area contributed by atoms with Crippen molar-refractivity contribution in [1.29, 1.82) is 0 Å². The number of carbonyl (C=O) groups excluding carboxylic acids is 1. The number of likely N-dealkylation sites (tertiary alicyclic amines) is 1. The smallest absolute Gasteiger partial charge is 0.220 e. The van der Waals surface area contributed by atoms with Crippen LogP contribution in [0.4, 0.5) is 0 Å². The molecule has 0 saturated carbocycles. The van der Waals surface area contributed by atoms with Gasteiger partial charge in [0.25, 0.3) is 0 Å². The zero-order valence-electron chi connectivity index (χ0n) is 9.95. The molecule has 1 unspecified atom stereocenters. The summed E-state index contributed by atoms with van der Waals surface area (Å²) in [5.41, 5.74) is 5.33. The van der Waals surface area contributed by atoms with E-state index in [0.29, 0.717) is 0 Å². The molecule has 0 aromatic rings. The minimum Gasteiger partial charge on any atom is -0.369 e. The van der Waals surface area contributed by atoms with Crippen LogP contribution in [-0.2, 0) is 4.79 Å². The van der Waals surface area contributed by atoms with Crippen LogP contribution in [0.25, 0.3) is 0 Å². The van der Waals surface area contributed by atoms with Gasteiger partial charge in [-0.2, -0.15) is 0 Å². The highest BCUT2D eigenvalue weighted by Gasteiger charge is 2.25. The van der Waals surface area contributed by atoms with Gasteiger partial charge < -0.3 is 16.0 Å². The highest BCUT2D eigenvalue weighted by atomic mass is 16.1. The van der Waals surface area contributed by atoms with Crippen LogP contribution in [0.2, 0.25) is 0 Å². The third-order valence-corrected chi connectivity index (χ3v) is 3.91. The Hall–Kier alpha value is -0.610. The first kappa shape index (κ1) is 11.9. The maximum absolute atomic E-state index is 11.0. The van der Waals surface area contributed by atoms with Crippen molar-refractivity contribution in [3.63, 3.8) is 0 Å². The number of carbonyl (C=O) groups is 1. The molecule has 0 radical (unpaired) electrons. The van der Waals surface area contributed by atoms with Gasteiger partial charge in [-0.25, -0.2) is 0 Å². The highest BCUT2D eigenvalue weighted by molar-refractivity contribution is 5.76. The number of amides is 1. The maximum Gasteiger partial charge on any atom is 0.220 e. The molecule has 2 aliphatic rings. The second-order valence-corrected chi connectivity index (χ2v) is 5.19. The third-order valence-electron chi connectivity index (χ3n) is 3.91. The van der Waals surface area contributed by atoms with Gasteiger partial charge in [-0.15, -0.1) is 0 Å². The first-order valence-corrected chi connectivity index (χ1v) is 6.48. The van der Waals surface area contributed by atoms with Crippen molar-refractivity contribution >= 4 is 5.91 Å². The van der Waals surface area contributed by atoms with Crippen LogP contribution in [0.3, 0.4) is 0 Å². The van der Waals surface area contributed by atoms with Crippen LogP contribution in [-0.4, -0.2) is 43.5 Å². The summed E-state index contributed by atoms with van der Waals surface area (Å²) in [7, 11) is 0. The van der Waals surface area contributed by atoms with E-state index in [1.165, 1.54) is 25.9 Å². The van der Waals surface area contributed by atoms with Gasteiger partial charge in [0.15, 0.2) is 0 Å². The van der Waals surface area contributed by atoms with E-state index < -0.39 is 0 Å². The minimum atomic E-state index is -0.112. The molecule has 0 aromatic carbocycles. The van der Waals surface area contributed by atoms with Crippen LogP contribution in [0, 0.1) is 11.8 Å². The second kappa shape index (κ2) is 5.64. The second-order valence-electron chi connectivity index (χ2n) is 5.19. The number of nitrogens with one attached hydrogen (secondary N) is 1. The summed E-state index contributed by atoms with van der Waals surface area (Å²) in [4.78, 5) is 13.5. The van der Waals surface area contributed by atoms with Gasteiger partial charge in [0.2, 0.25) is 5.91 Å². The van der Waals surface area contributed by atoms with Crippen molar-refractivity contribution in [3.05, 3.63) is 0 Å². The van der Waals surface area contributed by atoms with Crippen molar-refractivity contribution in [2.75, 3.05) is 32.7 Å². The highest BCUT2D eigenvalue weighted by Crippen LogP contribution is 2.19. The molecular weight excluding hydrogens is 202 g/mol. The monoisotopic (exact) mass is 225 g/mol. The van der Waals surface area contributed by atoms with Gasteiger partial charge in [-0.05, 0) is 57.8 Å². The number of nitrogens with zero attached hydrogens (tertiary/aromatic N) is 1. The van der Waals surface area contributed by atoms with Gasteiger partial charge in [0.1, 0.15) is 0 Å². The summed E-state index contributed by atoms with van der Waals surface area (Å²) in [6.07, 6.45) is 4.57. The number of rotatable bonds is 3. The lowest BCUT2D eigenvalue weighted by Crippen LogP contribution is -2.43. The van der Waals surface area contributed by atoms with E-state index >= 15 is 0 Å². The molecule has 1 amide bonds. The van der Waals surface area contributed by atoms with Gasteiger partial charge in [0.05, 0.1) is 0 Å². The first-order valence-electron chi connectivity index (χ1n) is 6.48. The molecule has 2 fully saturated rings. The van der Waals surface area contributed by atoms with E-state index in [4.69, 9.17) is 5.73 Å². The summed E-state index contributed by atoms with van der Waals surface area (Å²) in [5, 5.41) is 3.45. The Bertz CT molecular complexity index is 230. The molecule has 2 heterocycles. The van der Waals surface area contributed by atoms with Crippen LogP contribution in [0.5, 0.6) is 0 Å². The van der Waals surface area contributed by atoms with Gasteiger partial charge in [-0.3, -0.25) is 4.79 Å². The van der Waals surface area contributed by atoms with E-state index in [1.807, 2.05) is 0 Å². The number of nitrogens with two attached hydrogens (primary N) is 1. The molecule has 0 aromatic heterocycles. The molecule has 92 valence electrons. The maximum atomic E-state index is 11.0. The Balaban J connectivity index is 1.70. The summed E-state index contributed by atoms with van der Waals surface area (Å²) in [6.45, 7) is 5.63. The fraction of sp³-hybridized carbons (Fsp3) is 0.917. The molecule has 4 heteroatoms. The van der Waals surface area contributed by atoms with Gasteiger partial charge >= 0.3 is 0 Å². The average Bonchev–Trinajstić information content (AvgIpc) is 2.31. The van der Waals surface area contributed by atoms with Gasteiger partial charge in [0, 0.05) is 12.5 Å². The van der Waals surface area contributed by atoms with Crippen molar-refractivity contribution in [3.8, 4) is 0 Å². The Morgan fingerprint density at radius 2 is 2.06 bits per heavy atom. The van der Waals surface area contributed by atoms with Crippen molar-refractivity contribution in [2.24, 2.45) is 17.6 Å². The zero-order chi connectivity index (χ0) is 11.4. The summed E-state index contributed by atoms with van der Waals surface area (Å²) in [6, 6.07) is 0. The Morgan fingerprint density at radius 1 is 1.31 bits per heavy atom. The van der Waals surface area contributed by atoms with Crippen LogP contribution in [0.15, 0.2) is 0 Å². The molecule has 1 atom stereocenters. The predicted molar refractivity (Wildman–Crippen MR) is 64.0 cm³/mol. The standard InChI is InChI=1S/C12H23N3O/c13-12(16)11-3-6-15(7-4-11)9-10-2-1-5-14-8-10/h10-11,14H,1-9H2,(H2,13,16). The number of piperidine rings is 2. The summed E-state index contributed by atoms with van der Waals surface area (Å²) in [5.74, 6) is 0.818. The van der Waals surface area contributed by atoms with Crippen molar-refractivity contribution in [1.82, 2.24) is 10.2 Å². The number of hydrogen-bond donors (Lipinski definition) is 2. The fourth-order valence-electron chi connectivity index (χ4n) is 2.85. The molecule has 4 nitrogen and oxygen atoms in total. The lowest BCUT2D eigenvalue weighted by Gasteiger charge is -2.34. The van der Waals surface area contributed by atoms with Crippen LogP contribution < -0.4 is 11.1 Å². The summed E-state index contributed by atoms with van der Waals surface area (Å²) < 4.78 is 0. The molecule has 0 aliphatic carbocycles. The Labute approximate surface area is 97.6 Å². The van der Waals surface area contributed by atoms with E-state index in [1.54, 1.807) is 0 Å². The number of primary amides is 1. The van der Waals surface area contributed by atoms with Crippen LogP contribution >= 0.6 is 0 Å². The van der Waals surface area contributed by atoms with Crippen molar-refractivity contribution in [2.45, 2.75) is 25.7 Å². The molecule has 2 rings (SSSR count). The minimum absolute atomic E-state index is 0.112. The molecular formula is C12H23N3O. The van der Waals surface area contributed by atoms with Gasteiger partial charge in [-0.1, -0.05) is 0 Å². The predicted octanol–water partition coefficient (Wildman–Crippen LogP) is 0.183. The third kappa shape index (κ3) is 3.19. The molecule has 2 aliphatic heterocycles. The largest absolute Gasteiger partial charge is 0.369 e. The van der Waals surface area contributed by atoms with E-state index in [0.717, 1.165) is 38.4 Å². The number of hydrogen-bond acceptors (Lipinski definition) is 3. The molecule has 3 N–H and O–H groups in total. The average molecular weight is 225 g/mol. The Kier molecular flexibility index (Phi) is 4.18. The van der Waals surface area contributed by atoms with E-state index in [9.17, 15) is 4.79 Å². The topological polar surface area (TPSA) is 58.4 Å². The normalized spacial score (nSPS) is 29.1. The zero-order valence-corrected chi connectivity index (χ0v) is 9.95. The Morgan fingerprint density at radius 3 is 2.62 bits per heavy atom. The van der Waals surface area contributed by atoms with E-state index in [2.05, 4.69) is 10.2 Å². The molecule has 2 saturated heterocycles. The quantitative estimate of drug-likeness (QED) is 0.720. The first-order chi connectivity index (χ1) is 7.75. The van der Waals surface area contributed by atoms with Crippen LogP contribution in [0.1, 0.15) is 25.7 Å². The lowest BCUT2D eigenvalue weighted by atomic mass is 9.94. The molecule has 0 bridgehead atoms.